The summed E-state index contributed by atoms with van der Waals surface area (Å²) in [7, 11) is 1.98. The van der Waals surface area contributed by atoms with Crippen molar-refractivity contribution in [1.82, 2.24) is 20.1 Å². The molecule has 3 heterocycles. The van der Waals surface area contributed by atoms with Gasteiger partial charge in [-0.05, 0) is 56.9 Å². The Labute approximate surface area is 171 Å². The largest absolute Gasteiger partial charge is 0.390 e. The lowest BCUT2D eigenvalue weighted by Crippen LogP contribution is -2.35. The van der Waals surface area contributed by atoms with E-state index in [0.29, 0.717) is 12.4 Å². The van der Waals surface area contributed by atoms with Gasteiger partial charge in [-0.2, -0.15) is 5.10 Å². The van der Waals surface area contributed by atoms with Gasteiger partial charge in [0.15, 0.2) is 11.6 Å². The monoisotopic (exact) mass is 395 g/mol. The van der Waals surface area contributed by atoms with Gasteiger partial charge in [0.05, 0.1) is 12.0 Å². The van der Waals surface area contributed by atoms with Gasteiger partial charge in [0.2, 0.25) is 5.91 Å². The van der Waals surface area contributed by atoms with E-state index in [0.717, 1.165) is 56.0 Å². The fraction of sp³-hybridized carbons (Fsp3) is 0.476. The lowest BCUT2D eigenvalue weighted by atomic mass is 10.00. The van der Waals surface area contributed by atoms with E-state index in [1.807, 2.05) is 54.1 Å². The Morgan fingerprint density at radius 1 is 1.31 bits per heavy atom. The minimum atomic E-state index is 0.115. The highest BCUT2D eigenvalue weighted by molar-refractivity contribution is 5.80. The van der Waals surface area contributed by atoms with Crippen LogP contribution >= 0.6 is 0 Å². The number of pyridine rings is 1. The molecule has 2 N–H and O–H groups in total. The standard InChI is InChI=1S/C21H29N7O/c1-16-9-10-20(26-25-16)27(2)13-14-28-12-11-17(21(28)29)5-3-6-18-7-4-8-19(24-18)23-15-22/h4,7-10,15,17H,3,5-6,11-14H2,1-2H3,(H2,22,23,24)/t17-/m0/s1. The van der Waals surface area contributed by atoms with E-state index >= 15 is 0 Å². The number of aromatic nitrogens is 3. The minimum absolute atomic E-state index is 0.115. The van der Waals surface area contributed by atoms with E-state index in [-0.39, 0.29) is 11.8 Å². The van der Waals surface area contributed by atoms with Gasteiger partial charge in [-0.15, -0.1) is 5.10 Å². The van der Waals surface area contributed by atoms with Crippen molar-refractivity contribution < 1.29 is 4.79 Å². The van der Waals surface area contributed by atoms with Crippen LogP contribution in [0, 0.1) is 12.8 Å². The Balaban J connectivity index is 1.42. The number of anilines is 1. The first-order valence-electron chi connectivity index (χ1n) is 10.1. The van der Waals surface area contributed by atoms with Gasteiger partial charge in [-0.3, -0.25) is 4.79 Å². The molecule has 1 amide bonds. The summed E-state index contributed by atoms with van der Waals surface area (Å²) >= 11 is 0. The molecule has 8 heteroatoms. The van der Waals surface area contributed by atoms with Gasteiger partial charge in [0.25, 0.3) is 0 Å². The molecule has 2 aromatic rings. The lowest BCUT2D eigenvalue weighted by molar-refractivity contribution is -0.131. The molecule has 1 aliphatic rings. The second-order valence-corrected chi connectivity index (χ2v) is 7.42. The molecule has 0 saturated carbocycles. The lowest BCUT2D eigenvalue weighted by Gasteiger charge is -2.22. The molecule has 1 aliphatic heterocycles. The smallest absolute Gasteiger partial charge is 0.225 e. The van der Waals surface area contributed by atoms with Crippen molar-refractivity contribution in [3.05, 3.63) is 41.7 Å². The number of aliphatic imine (C=N–C) groups is 1. The average molecular weight is 396 g/mol. The first-order chi connectivity index (χ1) is 14.1. The molecule has 0 spiro atoms. The third kappa shape index (κ3) is 5.73. The Bertz CT molecular complexity index is 837. The Morgan fingerprint density at radius 2 is 2.17 bits per heavy atom. The number of likely N-dealkylation sites (tertiary alicyclic amines) is 1. The summed E-state index contributed by atoms with van der Waals surface area (Å²) in [5.74, 6) is 1.83. The molecule has 3 rings (SSSR count). The quantitative estimate of drug-likeness (QED) is 0.515. The van der Waals surface area contributed by atoms with Crippen molar-refractivity contribution in [2.45, 2.75) is 32.6 Å². The normalized spacial score (nSPS) is 16.7. The fourth-order valence-corrected chi connectivity index (χ4v) is 3.56. The summed E-state index contributed by atoms with van der Waals surface area (Å²) in [5.41, 5.74) is 7.20. The highest BCUT2D eigenvalue weighted by Crippen LogP contribution is 2.23. The summed E-state index contributed by atoms with van der Waals surface area (Å²) in [4.78, 5) is 25.2. The summed E-state index contributed by atoms with van der Waals surface area (Å²) in [6.45, 7) is 4.20. The minimum Gasteiger partial charge on any atom is -0.390 e. The van der Waals surface area contributed by atoms with Crippen LogP contribution in [-0.4, -0.2) is 59.0 Å². The molecule has 1 fully saturated rings. The number of aryl methyl sites for hydroxylation is 2. The highest BCUT2D eigenvalue weighted by atomic mass is 16.2. The number of nitrogens with zero attached hydrogens (tertiary/aromatic N) is 6. The SMILES string of the molecule is Cc1ccc(N(C)CCN2CC[C@H](CCCc3cccc(/N=C\N)n3)C2=O)nn1. The third-order valence-electron chi connectivity index (χ3n) is 5.27. The molecule has 29 heavy (non-hydrogen) atoms. The number of hydrogen-bond donors (Lipinski definition) is 1. The summed E-state index contributed by atoms with van der Waals surface area (Å²) in [6.07, 6.45) is 4.84. The summed E-state index contributed by atoms with van der Waals surface area (Å²) in [5, 5.41) is 8.29. The topological polar surface area (TPSA) is 101 Å². The number of carbonyl (C=O) groups is 1. The van der Waals surface area contributed by atoms with E-state index in [1.54, 1.807) is 0 Å². The Hall–Kier alpha value is -3.03. The van der Waals surface area contributed by atoms with E-state index < -0.39 is 0 Å². The zero-order valence-corrected chi connectivity index (χ0v) is 17.2. The molecule has 0 aliphatic carbocycles. The predicted octanol–water partition coefficient (Wildman–Crippen LogP) is 2.11. The maximum absolute atomic E-state index is 12.7. The predicted molar refractivity (Wildman–Crippen MR) is 114 cm³/mol. The number of rotatable bonds is 9. The molecule has 2 aromatic heterocycles. The van der Waals surface area contributed by atoms with Crippen molar-refractivity contribution in [2.24, 2.45) is 16.6 Å². The Kier molecular flexibility index (Phi) is 7.10. The number of carbonyl (C=O) groups excluding carboxylic acids is 1. The van der Waals surface area contributed by atoms with Gasteiger partial charge in [0, 0.05) is 38.3 Å². The van der Waals surface area contributed by atoms with Crippen molar-refractivity contribution in [1.29, 1.82) is 0 Å². The van der Waals surface area contributed by atoms with Crippen molar-refractivity contribution in [2.75, 3.05) is 31.6 Å². The molecule has 1 atom stereocenters. The van der Waals surface area contributed by atoms with E-state index in [1.165, 1.54) is 6.34 Å². The molecule has 0 unspecified atom stereocenters. The number of likely N-dealkylation sites (N-methyl/N-ethyl adjacent to an activating group) is 1. The molecule has 1 saturated heterocycles. The van der Waals surface area contributed by atoms with E-state index in [9.17, 15) is 4.79 Å². The molecule has 8 nitrogen and oxygen atoms in total. The van der Waals surface area contributed by atoms with Gasteiger partial charge >= 0.3 is 0 Å². The van der Waals surface area contributed by atoms with Crippen LogP contribution in [0.2, 0.25) is 0 Å². The summed E-state index contributed by atoms with van der Waals surface area (Å²) < 4.78 is 0. The molecule has 154 valence electrons. The van der Waals surface area contributed by atoms with Crippen LogP contribution in [0.3, 0.4) is 0 Å². The van der Waals surface area contributed by atoms with Crippen LogP contribution in [0.5, 0.6) is 0 Å². The molecule has 0 radical (unpaired) electrons. The van der Waals surface area contributed by atoms with Gasteiger partial charge in [0.1, 0.15) is 0 Å². The zero-order chi connectivity index (χ0) is 20.6. The average Bonchev–Trinajstić information content (AvgIpc) is 3.07. The number of amides is 1. The van der Waals surface area contributed by atoms with E-state index in [4.69, 9.17) is 5.73 Å². The molecule has 0 aromatic carbocycles. The fourth-order valence-electron chi connectivity index (χ4n) is 3.56. The van der Waals surface area contributed by atoms with Crippen LogP contribution in [-0.2, 0) is 11.2 Å². The molecular formula is C21H29N7O. The first kappa shape index (κ1) is 20.7. The van der Waals surface area contributed by atoms with Crippen molar-refractivity contribution >= 4 is 23.9 Å². The maximum atomic E-state index is 12.7. The van der Waals surface area contributed by atoms with Crippen LogP contribution < -0.4 is 10.6 Å². The van der Waals surface area contributed by atoms with Gasteiger partial charge in [-0.1, -0.05) is 6.07 Å². The van der Waals surface area contributed by atoms with Crippen LogP contribution in [0.4, 0.5) is 11.6 Å². The van der Waals surface area contributed by atoms with Gasteiger partial charge in [-0.25, -0.2) is 9.98 Å². The van der Waals surface area contributed by atoms with Crippen LogP contribution in [0.15, 0.2) is 35.3 Å². The Morgan fingerprint density at radius 3 is 2.93 bits per heavy atom. The molecule has 0 bridgehead atoms. The summed E-state index contributed by atoms with van der Waals surface area (Å²) in [6, 6.07) is 9.65. The first-order valence-corrected chi connectivity index (χ1v) is 10.1. The van der Waals surface area contributed by atoms with Crippen molar-refractivity contribution in [3.8, 4) is 0 Å². The second kappa shape index (κ2) is 9.95. The molecular weight excluding hydrogens is 366 g/mol. The van der Waals surface area contributed by atoms with Crippen LogP contribution in [0.1, 0.15) is 30.7 Å². The maximum Gasteiger partial charge on any atom is 0.225 e. The van der Waals surface area contributed by atoms with E-state index in [2.05, 4.69) is 20.2 Å². The van der Waals surface area contributed by atoms with Crippen molar-refractivity contribution in [3.63, 3.8) is 0 Å². The highest BCUT2D eigenvalue weighted by Gasteiger charge is 2.30. The number of hydrogen-bond acceptors (Lipinski definition) is 6. The van der Waals surface area contributed by atoms with Gasteiger partial charge < -0.3 is 15.5 Å². The van der Waals surface area contributed by atoms with Crippen LogP contribution in [0.25, 0.3) is 0 Å². The second-order valence-electron chi connectivity index (χ2n) is 7.42. The number of nitrogens with two attached hydrogens (primary N) is 1. The zero-order valence-electron chi connectivity index (χ0n) is 17.2. The third-order valence-corrected chi connectivity index (χ3v) is 5.27.